The SMILES string of the molecule is C=C(CN)CN(C)CCC(C)O. The summed E-state index contributed by atoms with van der Waals surface area (Å²) in [7, 11) is 2.00. The molecule has 72 valence electrons. The molecule has 0 bridgehead atoms. The lowest BCUT2D eigenvalue weighted by molar-refractivity contribution is 0.167. The van der Waals surface area contributed by atoms with Gasteiger partial charge in [0.25, 0.3) is 0 Å². The standard InChI is InChI=1S/C9H20N2O/c1-8(6-10)7-11(3)5-4-9(2)12/h9,12H,1,4-7,10H2,2-3H3. The van der Waals surface area contributed by atoms with E-state index >= 15 is 0 Å². The molecule has 0 aliphatic heterocycles. The van der Waals surface area contributed by atoms with E-state index in [4.69, 9.17) is 10.8 Å². The molecule has 12 heavy (non-hydrogen) atoms. The van der Waals surface area contributed by atoms with Gasteiger partial charge >= 0.3 is 0 Å². The van der Waals surface area contributed by atoms with E-state index in [1.54, 1.807) is 6.92 Å². The van der Waals surface area contributed by atoms with E-state index in [2.05, 4.69) is 11.5 Å². The Morgan fingerprint density at radius 3 is 2.67 bits per heavy atom. The summed E-state index contributed by atoms with van der Waals surface area (Å²) in [6.45, 7) is 7.86. The van der Waals surface area contributed by atoms with Gasteiger partial charge < -0.3 is 15.7 Å². The third kappa shape index (κ3) is 6.34. The number of hydrogen-bond donors (Lipinski definition) is 2. The van der Waals surface area contributed by atoms with Crippen LogP contribution in [-0.4, -0.2) is 42.8 Å². The molecule has 0 fully saturated rings. The topological polar surface area (TPSA) is 49.5 Å². The average molecular weight is 172 g/mol. The summed E-state index contributed by atoms with van der Waals surface area (Å²) in [5.74, 6) is 0. The van der Waals surface area contributed by atoms with Crippen LogP contribution in [0.25, 0.3) is 0 Å². The molecule has 0 spiro atoms. The van der Waals surface area contributed by atoms with E-state index in [1.807, 2.05) is 7.05 Å². The van der Waals surface area contributed by atoms with Gasteiger partial charge in [0, 0.05) is 19.6 Å². The van der Waals surface area contributed by atoms with Crippen molar-refractivity contribution in [3.8, 4) is 0 Å². The Kier molecular flexibility index (Phi) is 5.98. The van der Waals surface area contributed by atoms with Crippen molar-refractivity contribution >= 4 is 0 Å². The highest BCUT2D eigenvalue weighted by molar-refractivity contribution is 4.97. The van der Waals surface area contributed by atoms with Gasteiger partial charge in [0.15, 0.2) is 0 Å². The molecule has 0 aliphatic rings. The zero-order valence-electron chi connectivity index (χ0n) is 8.08. The average Bonchev–Trinajstić information content (AvgIpc) is 2.00. The van der Waals surface area contributed by atoms with E-state index in [0.29, 0.717) is 6.54 Å². The lowest BCUT2D eigenvalue weighted by Crippen LogP contribution is -2.26. The summed E-state index contributed by atoms with van der Waals surface area (Å²) in [5.41, 5.74) is 6.43. The Balaban J connectivity index is 3.45. The van der Waals surface area contributed by atoms with Gasteiger partial charge in [0.2, 0.25) is 0 Å². The van der Waals surface area contributed by atoms with Gasteiger partial charge in [-0.3, -0.25) is 0 Å². The quantitative estimate of drug-likeness (QED) is 0.563. The third-order valence-corrected chi connectivity index (χ3v) is 1.71. The molecule has 1 unspecified atom stereocenters. The van der Waals surface area contributed by atoms with Gasteiger partial charge in [-0.1, -0.05) is 6.58 Å². The lowest BCUT2D eigenvalue weighted by Gasteiger charge is -2.17. The van der Waals surface area contributed by atoms with Gasteiger partial charge in [0.05, 0.1) is 6.10 Å². The molecule has 0 aliphatic carbocycles. The Hall–Kier alpha value is -0.380. The number of aliphatic hydroxyl groups excluding tert-OH is 1. The van der Waals surface area contributed by atoms with Crippen molar-refractivity contribution < 1.29 is 5.11 Å². The largest absolute Gasteiger partial charge is 0.393 e. The fraction of sp³-hybridized carbons (Fsp3) is 0.778. The minimum absolute atomic E-state index is 0.224. The Bertz CT molecular complexity index is 134. The highest BCUT2D eigenvalue weighted by Gasteiger charge is 2.01. The molecule has 1 atom stereocenters. The van der Waals surface area contributed by atoms with E-state index < -0.39 is 0 Å². The molecule has 0 heterocycles. The smallest absolute Gasteiger partial charge is 0.0524 e. The van der Waals surface area contributed by atoms with Crippen molar-refractivity contribution in [2.45, 2.75) is 19.4 Å². The summed E-state index contributed by atoms with van der Waals surface area (Å²) in [4.78, 5) is 2.11. The second kappa shape index (κ2) is 6.17. The maximum Gasteiger partial charge on any atom is 0.0524 e. The van der Waals surface area contributed by atoms with Gasteiger partial charge in [-0.05, 0) is 26.0 Å². The molecule has 3 nitrogen and oxygen atoms in total. The van der Waals surface area contributed by atoms with Gasteiger partial charge in [0.1, 0.15) is 0 Å². The van der Waals surface area contributed by atoms with Crippen LogP contribution < -0.4 is 5.73 Å². The number of nitrogens with zero attached hydrogens (tertiary/aromatic N) is 1. The van der Waals surface area contributed by atoms with Crippen LogP contribution in [0.2, 0.25) is 0 Å². The summed E-state index contributed by atoms with van der Waals surface area (Å²) in [6, 6.07) is 0. The van der Waals surface area contributed by atoms with Crippen molar-refractivity contribution in [1.29, 1.82) is 0 Å². The van der Waals surface area contributed by atoms with Crippen LogP contribution in [0.1, 0.15) is 13.3 Å². The van der Waals surface area contributed by atoms with Crippen LogP contribution in [0.5, 0.6) is 0 Å². The number of hydrogen-bond acceptors (Lipinski definition) is 3. The van der Waals surface area contributed by atoms with Crippen LogP contribution in [0, 0.1) is 0 Å². The number of rotatable bonds is 6. The van der Waals surface area contributed by atoms with Crippen molar-refractivity contribution in [3.05, 3.63) is 12.2 Å². The molecule has 0 aromatic rings. The number of likely N-dealkylation sites (N-methyl/N-ethyl adjacent to an activating group) is 1. The van der Waals surface area contributed by atoms with Gasteiger partial charge in [-0.25, -0.2) is 0 Å². The van der Waals surface area contributed by atoms with E-state index in [0.717, 1.165) is 25.1 Å². The summed E-state index contributed by atoms with van der Waals surface area (Å²) >= 11 is 0. The molecule has 3 N–H and O–H groups in total. The normalized spacial score (nSPS) is 13.4. The Morgan fingerprint density at radius 1 is 1.67 bits per heavy atom. The monoisotopic (exact) mass is 172 g/mol. The molecule has 0 aromatic carbocycles. The first-order chi connectivity index (χ1) is 5.56. The highest BCUT2D eigenvalue weighted by atomic mass is 16.3. The maximum atomic E-state index is 9.02. The van der Waals surface area contributed by atoms with E-state index in [1.165, 1.54) is 0 Å². The summed E-state index contributed by atoms with van der Waals surface area (Å²) in [5, 5.41) is 9.02. The van der Waals surface area contributed by atoms with Crippen molar-refractivity contribution in [2.24, 2.45) is 5.73 Å². The number of nitrogens with two attached hydrogens (primary N) is 1. The molecule has 0 saturated heterocycles. The molecule has 0 radical (unpaired) electrons. The van der Waals surface area contributed by atoms with Crippen molar-refractivity contribution in [3.63, 3.8) is 0 Å². The molecule has 0 aromatic heterocycles. The fourth-order valence-corrected chi connectivity index (χ4v) is 0.933. The Morgan fingerprint density at radius 2 is 2.25 bits per heavy atom. The predicted molar refractivity (Wildman–Crippen MR) is 52.0 cm³/mol. The third-order valence-electron chi connectivity index (χ3n) is 1.71. The molecular formula is C9H20N2O. The van der Waals surface area contributed by atoms with Gasteiger partial charge in [-0.15, -0.1) is 0 Å². The number of aliphatic hydroxyl groups is 1. The summed E-state index contributed by atoms with van der Waals surface area (Å²) in [6.07, 6.45) is 0.576. The Labute approximate surface area is 74.9 Å². The molecule has 0 saturated carbocycles. The van der Waals surface area contributed by atoms with Crippen LogP contribution in [0.3, 0.4) is 0 Å². The minimum Gasteiger partial charge on any atom is -0.393 e. The highest BCUT2D eigenvalue weighted by Crippen LogP contribution is 1.96. The first kappa shape index (κ1) is 11.6. The molecule has 0 rings (SSSR count). The van der Waals surface area contributed by atoms with Crippen LogP contribution in [0.4, 0.5) is 0 Å². The minimum atomic E-state index is -0.224. The first-order valence-electron chi connectivity index (χ1n) is 4.29. The van der Waals surface area contributed by atoms with Gasteiger partial charge in [-0.2, -0.15) is 0 Å². The lowest BCUT2D eigenvalue weighted by atomic mass is 10.2. The van der Waals surface area contributed by atoms with E-state index in [9.17, 15) is 0 Å². The van der Waals surface area contributed by atoms with Crippen LogP contribution in [-0.2, 0) is 0 Å². The molecule has 0 amide bonds. The van der Waals surface area contributed by atoms with Crippen LogP contribution >= 0.6 is 0 Å². The van der Waals surface area contributed by atoms with Crippen LogP contribution in [0.15, 0.2) is 12.2 Å². The maximum absolute atomic E-state index is 9.02. The predicted octanol–water partition coefficient (Wildman–Crippen LogP) is 0.204. The summed E-state index contributed by atoms with van der Waals surface area (Å²) < 4.78 is 0. The second-order valence-corrected chi connectivity index (χ2v) is 3.33. The first-order valence-corrected chi connectivity index (χ1v) is 4.29. The van der Waals surface area contributed by atoms with Crippen molar-refractivity contribution in [1.82, 2.24) is 4.90 Å². The molecular weight excluding hydrogens is 152 g/mol. The fourth-order valence-electron chi connectivity index (χ4n) is 0.933. The molecule has 3 heteroatoms. The van der Waals surface area contributed by atoms with E-state index in [-0.39, 0.29) is 6.10 Å². The zero-order chi connectivity index (χ0) is 9.56. The van der Waals surface area contributed by atoms with Crippen molar-refractivity contribution in [2.75, 3.05) is 26.7 Å². The second-order valence-electron chi connectivity index (χ2n) is 3.33. The zero-order valence-corrected chi connectivity index (χ0v) is 8.08.